The number of anilines is 1. The molecule has 1 fully saturated rings. The standard InChI is InChI=1S/C14H21FN4O2/c1-11(10-18-7-5-17(2)6-8-18)16-14-4-3-12(19(20)21)9-13(14)15/h3-4,9,11,16H,5-8,10H2,1-2H3. The maximum atomic E-state index is 13.8. The van der Waals surface area contributed by atoms with Crippen LogP contribution in [0.1, 0.15) is 6.92 Å². The summed E-state index contributed by atoms with van der Waals surface area (Å²) in [7, 11) is 2.10. The Hall–Kier alpha value is -1.73. The number of nitrogens with zero attached hydrogens (tertiary/aromatic N) is 3. The highest BCUT2D eigenvalue weighted by molar-refractivity contribution is 5.50. The molecule has 1 atom stereocenters. The molecule has 7 heteroatoms. The number of likely N-dealkylation sites (N-methyl/N-ethyl adjacent to an activating group) is 1. The van der Waals surface area contributed by atoms with Gasteiger partial charge in [-0.25, -0.2) is 4.39 Å². The van der Waals surface area contributed by atoms with E-state index in [1.54, 1.807) is 0 Å². The van der Waals surface area contributed by atoms with Crippen molar-refractivity contribution in [1.82, 2.24) is 9.80 Å². The molecule has 2 rings (SSSR count). The van der Waals surface area contributed by atoms with Crippen LogP contribution in [-0.4, -0.2) is 60.5 Å². The minimum absolute atomic E-state index is 0.0735. The summed E-state index contributed by atoms with van der Waals surface area (Å²) in [5.74, 6) is -0.588. The van der Waals surface area contributed by atoms with Crippen LogP contribution in [0.4, 0.5) is 15.8 Å². The molecular formula is C14H21FN4O2. The highest BCUT2D eigenvalue weighted by atomic mass is 19.1. The van der Waals surface area contributed by atoms with Gasteiger partial charge in [0, 0.05) is 44.8 Å². The fraction of sp³-hybridized carbons (Fsp3) is 0.571. The fourth-order valence-corrected chi connectivity index (χ4v) is 2.46. The maximum Gasteiger partial charge on any atom is 0.272 e. The van der Waals surface area contributed by atoms with Gasteiger partial charge in [0.1, 0.15) is 0 Å². The summed E-state index contributed by atoms with van der Waals surface area (Å²) >= 11 is 0. The lowest BCUT2D eigenvalue weighted by Crippen LogP contribution is -2.47. The van der Waals surface area contributed by atoms with Crippen LogP contribution in [0.25, 0.3) is 0 Å². The first-order chi connectivity index (χ1) is 9.95. The Balaban J connectivity index is 1.90. The molecule has 116 valence electrons. The van der Waals surface area contributed by atoms with E-state index in [9.17, 15) is 14.5 Å². The average Bonchev–Trinajstić information content (AvgIpc) is 2.43. The van der Waals surface area contributed by atoms with E-state index in [1.165, 1.54) is 12.1 Å². The van der Waals surface area contributed by atoms with E-state index in [-0.39, 0.29) is 11.7 Å². The van der Waals surface area contributed by atoms with Crippen molar-refractivity contribution >= 4 is 11.4 Å². The minimum atomic E-state index is -0.597. The first kappa shape index (κ1) is 15.7. The normalized spacial score (nSPS) is 18.4. The fourth-order valence-electron chi connectivity index (χ4n) is 2.46. The molecule has 1 heterocycles. The number of benzene rings is 1. The Kier molecular flexibility index (Phi) is 5.08. The lowest BCUT2D eigenvalue weighted by atomic mass is 10.2. The van der Waals surface area contributed by atoms with Crippen molar-refractivity contribution in [3.05, 3.63) is 34.1 Å². The van der Waals surface area contributed by atoms with Crippen molar-refractivity contribution in [1.29, 1.82) is 0 Å². The van der Waals surface area contributed by atoms with Crippen molar-refractivity contribution in [3.8, 4) is 0 Å². The van der Waals surface area contributed by atoms with Crippen LogP contribution in [0.5, 0.6) is 0 Å². The van der Waals surface area contributed by atoms with E-state index < -0.39 is 10.7 Å². The van der Waals surface area contributed by atoms with Gasteiger partial charge in [0.25, 0.3) is 5.69 Å². The molecule has 0 amide bonds. The zero-order valence-electron chi connectivity index (χ0n) is 12.4. The van der Waals surface area contributed by atoms with Gasteiger partial charge < -0.3 is 10.2 Å². The molecule has 1 aromatic carbocycles. The van der Waals surface area contributed by atoms with Gasteiger partial charge in [0.2, 0.25) is 0 Å². The number of non-ortho nitro benzene ring substituents is 1. The highest BCUT2D eigenvalue weighted by Crippen LogP contribution is 2.21. The molecule has 0 radical (unpaired) electrons. The summed E-state index contributed by atoms with van der Waals surface area (Å²) in [6.07, 6.45) is 0. The minimum Gasteiger partial charge on any atom is -0.379 e. The van der Waals surface area contributed by atoms with Gasteiger partial charge in [0.15, 0.2) is 5.82 Å². The molecule has 1 saturated heterocycles. The lowest BCUT2D eigenvalue weighted by Gasteiger charge is -2.34. The number of piperazine rings is 1. The van der Waals surface area contributed by atoms with Crippen molar-refractivity contribution in [2.45, 2.75) is 13.0 Å². The summed E-state index contributed by atoms with van der Waals surface area (Å²) in [6, 6.07) is 3.76. The molecule has 1 N–H and O–H groups in total. The van der Waals surface area contributed by atoms with Gasteiger partial charge in [-0.3, -0.25) is 15.0 Å². The number of halogens is 1. The second-order valence-electron chi connectivity index (χ2n) is 5.57. The predicted octanol–water partition coefficient (Wildman–Crippen LogP) is 1.78. The Morgan fingerprint density at radius 2 is 2.05 bits per heavy atom. The average molecular weight is 296 g/mol. The highest BCUT2D eigenvalue weighted by Gasteiger charge is 2.17. The van der Waals surface area contributed by atoms with Crippen LogP contribution >= 0.6 is 0 Å². The lowest BCUT2D eigenvalue weighted by molar-refractivity contribution is -0.385. The molecule has 0 aromatic heterocycles. The smallest absolute Gasteiger partial charge is 0.272 e. The van der Waals surface area contributed by atoms with Gasteiger partial charge in [-0.1, -0.05) is 0 Å². The van der Waals surface area contributed by atoms with Gasteiger partial charge in [0.05, 0.1) is 16.7 Å². The molecule has 1 aliphatic heterocycles. The summed E-state index contributed by atoms with van der Waals surface area (Å²) in [5.41, 5.74) is 0.0759. The Morgan fingerprint density at radius 3 is 2.62 bits per heavy atom. The largest absolute Gasteiger partial charge is 0.379 e. The van der Waals surface area contributed by atoms with E-state index in [0.29, 0.717) is 5.69 Å². The summed E-state index contributed by atoms with van der Waals surface area (Å²) < 4.78 is 13.8. The zero-order chi connectivity index (χ0) is 15.4. The number of nitrogens with one attached hydrogen (secondary N) is 1. The number of hydrogen-bond acceptors (Lipinski definition) is 5. The second kappa shape index (κ2) is 6.82. The van der Waals surface area contributed by atoms with Crippen molar-refractivity contribution < 1.29 is 9.31 Å². The van der Waals surface area contributed by atoms with E-state index in [2.05, 4.69) is 22.2 Å². The molecule has 0 aliphatic carbocycles. The first-order valence-electron chi connectivity index (χ1n) is 7.07. The quantitative estimate of drug-likeness (QED) is 0.663. The molecule has 6 nitrogen and oxygen atoms in total. The second-order valence-corrected chi connectivity index (χ2v) is 5.57. The maximum absolute atomic E-state index is 13.8. The van der Waals surface area contributed by atoms with Gasteiger partial charge in [-0.05, 0) is 20.0 Å². The van der Waals surface area contributed by atoms with Crippen LogP contribution in [0.2, 0.25) is 0 Å². The molecule has 0 saturated carbocycles. The van der Waals surface area contributed by atoms with Crippen LogP contribution in [0, 0.1) is 15.9 Å². The third-order valence-corrected chi connectivity index (χ3v) is 3.69. The van der Waals surface area contributed by atoms with E-state index in [4.69, 9.17) is 0 Å². The third kappa shape index (κ3) is 4.37. The molecular weight excluding hydrogens is 275 g/mol. The topological polar surface area (TPSA) is 61.6 Å². The van der Waals surface area contributed by atoms with Gasteiger partial charge in [-0.2, -0.15) is 0 Å². The van der Waals surface area contributed by atoms with Crippen molar-refractivity contribution in [2.24, 2.45) is 0 Å². The molecule has 1 aliphatic rings. The molecule has 1 unspecified atom stereocenters. The number of nitro benzene ring substituents is 1. The summed E-state index contributed by atoms with van der Waals surface area (Å²) in [6.45, 7) is 6.90. The van der Waals surface area contributed by atoms with E-state index in [1.807, 2.05) is 6.92 Å². The summed E-state index contributed by atoms with van der Waals surface area (Å²) in [4.78, 5) is 14.6. The number of rotatable bonds is 5. The van der Waals surface area contributed by atoms with Crippen molar-refractivity contribution in [2.75, 3.05) is 45.1 Å². The van der Waals surface area contributed by atoms with Gasteiger partial charge in [-0.15, -0.1) is 0 Å². The van der Waals surface area contributed by atoms with E-state index >= 15 is 0 Å². The zero-order valence-corrected chi connectivity index (χ0v) is 12.4. The molecule has 0 spiro atoms. The molecule has 21 heavy (non-hydrogen) atoms. The van der Waals surface area contributed by atoms with Crippen LogP contribution < -0.4 is 5.32 Å². The predicted molar refractivity (Wildman–Crippen MR) is 80.1 cm³/mol. The number of nitro groups is 1. The third-order valence-electron chi connectivity index (χ3n) is 3.69. The van der Waals surface area contributed by atoms with Crippen molar-refractivity contribution in [3.63, 3.8) is 0 Å². The SMILES string of the molecule is CC(CN1CCN(C)CC1)Nc1ccc([N+](=O)[O-])cc1F. The van der Waals surface area contributed by atoms with Crippen LogP contribution in [0.3, 0.4) is 0 Å². The van der Waals surface area contributed by atoms with Gasteiger partial charge >= 0.3 is 0 Å². The first-order valence-corrected chi connectivity index (χ1v) is 7.07. The Labute approximate surface area is 123 Å². The molecule has 0 bridgehead atoms. The number of hydrogen-bond donors (Lipinski definition) is 1. The Bertz CT molecular complexity index is 504. The van der Waals surface area contributed by atoms with Crippen LogP contribution in [-0.2, 0) is 0 Å². The van der Waals surface area contributed by atoms with Crippen LogP contribution in [0.15, 0.2) is 18.2 Å². The molecule has 1 aromatic rings. The monoisotopic (exact) mass is 296 g/mol. The Morgan fingerprint density at radius 1 is 1.38 bits per heavy atom. The van der Waals surface area contributed by atoms with E-state index in [0.717, 1.165) is 38.8 Å². The summed E-state index contributed by atoms with van der Waals surface area (Å²) in [5, 5.41) is 13.7.